The normalized spacial score (nSPS) is 14.2. The minimum Gasteiger partial charge on any atom is -0.454 e. The number of carbonyl (C=O) groups excluding carboxylic acids is 1. The third-order valence-electron chi connectivity index (χ3n) is 3.22. The van der Waals surface area contributed by atoms with Crippen molar-refractivity contribution in [3.8, 4) is 11.5 Å². The van der Waals surface area contributed by atoms with Crippen LogP contribution in [0.2, 0.25) is 5.02 Å². The van der Waals surface area contributed by atoms with E-state index in [0.29, 0.717) is 28.6 Å². The Kier molecular flexibility index (Phi) is 5.09. The Morgan fingerprint density at radius 2 is 2.30 bits per heavy atom. The Labute approximate surface area is 123 Å². The zero-order chi connectivity index (χ0) is 14.5. The Bertz CT molecular complexity index is 494. The highest BCUT2D eigenvalue weighted by atomic mass is 35.5. The maximum absolute atomic E-state index is 12.2. The lowest BCUT2D eigenvalue weighted by molar-refractivity contribution is 0.0935. The van der Waals surface area contributed by atoms with Gasteiger partial charge in [-0.1, -0.05) is 31.4 Å². The van der Waals surface area contributed by atoms with E-state index >= 15 is 0 Å². The van der Waals surface area contributed by atoms with Gasteiger partial charge in [0.1, 0.15) is 0 Å². The highest BCUT2D eigenvalue weighted by Crippen LogP contribution is 2.39. The summed E-state index contributed by atoms with van der Waals surface area (Å²) in [7, 11) is 0. The molecule has 0 aromatic heterocycles. The van der Waals surface area contributed by atoms with Gasteiger partial charge < -0.3 is 20.5 Å². The third-order valence-corrected chi connectivity index (χ3v) is 3.50. The van der Waals surface area contributed by atoms with Gasteiger partial charge in [-0.05, 0) is 18.6 Å². The smallest absolute Gasteiger partial charge is 0.251 e. The number of nitrogens with one attached hydrogen (secondary N) is 1. The van der Waals surface area contributed by atoms with Crippen LogP contribution in [0, 0.1) is 0 Å². The van der Waals surface area contributed by atoms with Gasteiger partial charge in [-0.25, -0.2) is 0 Å². The number of hydrogen-bond donors (Lipinski definition) is 2. The SMILES string of the molecule is CCCCC(CN)NC(=O)c1cc(Cl)c2c(c1)OCO2. The number of hydrogen-bond acceptors (Lipinski definition) is 4. The molecular weight excluding hydrogens is 280 g/mol. The van der Waals surface area contributed by atoms with Gasteiger partial charge >= 0.3 is 0 Å². The largest absolute Gasteiger partial charge is 0.454 e. The number of nitrogens with two attached hydrogens (primary N) is 1. The van der Waals surface area contributed by atoms with E-state index in [1.54, 1.807) is 12.1 Å². The first-order chi connectivity index (χ1) is 9.65. The molecular formula is C14H19ClN2O3. The van der Waals surface area contributed by atoms with Gasteiger partial charge in [-0.2, -0.15) is 0 Å². The van der Waals surface area contributed by atoms with E-state index in [4.69, 9.17) is 26.8 Å². The summed E-state index contributed by atoms with van der Waals surface area (Å²) in [5.74, 6) is 0.793. The van der Waals surface area contributed by atoms with Gasteiger partial charge in [-0.15, -0.1) is 0 Å². The van der Waals surface area contributed by atoms with Crippen molar-refractivity contribution in [2.75, 3.05) is 13.3 Å². The van der Waals surface area contributed by atoms with Crippen molar-refractivity contribution >= 4 is 17.5 Å². The second kappa shape index (κ2) is 6.81. The van der Waals surface area contributed by atoms with Gasteiger partial charge in [0.05, 0.1) is 5.02 Å². The quantitative estimate of drug-likeness (QED) is 0.845. The number of carbonyl (C=O) groups is 1. The summed E-state index contributed by atoms with van der Waals surface area (Å²) in [4.78, 5) is 12.2. The Balaban J connectivity index is 2.07. The second-order valence-corrected chi connectivity index (χ2v) is 5.15. The van der Waals surface area contributed by atoms with Gasteiger partial charge in [0, 0.05) is 18.2 Å². The van der Waals surface area contributed by atoms with Crippen LogP contribution in [0.4, 0.5) is 0 Å². The van der Waals surface area contributed by atoms with Crippen molar-refractivity contribution in [2.24, 2.45) is 5.73 Å². The minimum atomic E-state index is -0.197. The van der Waals surface area contributed by atoms with Crippen molar-refractivity contribution in [1.29, 1.82) is 0 Å². The fraction of sp³-hybridized carbons (Fsp3) is 0.500. The van der Waals surface area contributed by atoms with Gasteiger partial charge in [0.15, 0.2) is 11.5 Å². The van der Waals surface area contributed by atoms with Crippen LogP contribution >= 0.6 is 11.6 Å². The van der Waals surface area contributed by atoms with E-state index in [0.717, 1.165) is 19.3 Å². The molecule has 1 aromatic carbocycles. The van der Waals surface area contributed by atoms with Crippen LogP contribution in [0.3, 0.4) is 0 Å². The van der Waals surface area contributed by atoms with Gasteiger partial charge in [0.2, 0.25) is 6.79 Å². The molecule has 1 aromatic rings. The molecule has 0 saturated heterocycles. The first-order valence-corrected chi connectivity index (χ1v) is 7.13. The Morgan fingerprint density at radius 1 is 1.50 bits per heavy atom. The topological polar surface area (TPSA) is 73.6 Å². The summed E-state index contributed by atoms with van der Waals surface area (Å²) in [6.07, 6.45) is 2.98. The lowest BCUT2D eigenvalue weighted by atomic mass is 10.1. The molecule has 0 saturated carbocycles. The summed E-state index contributed by atoms with van der Waals surface area (Å²) < 4.78 is 10.5. The minimum absolute atomic E-state index is 0.0216. The average molecular weight is 299 g/mol. The Morgan fingerprint density at radius 3 is 3.00 bits per heavy atom. The van der Waals surface area contributed by atoms with Gasteiger partial charge in [-0.3, -0.25) is 4.79 Å². The van der Waals surface area contributed by atoms with E-state index in [-0.39, 0.29) is 18.7 Å². The fourth-order valence-corrected chi connectivity index (χ4v) is 2.33. The van der Waals surface area contributed by atoms with Crippen LogP contribution in [0.25, 0.3) is 0 Å². The molecule has 1 unspecified atom stereocenters. The molecule has 5 nitrogen and oxygen atoms in total. The molecule has 0 bridgehead atoms. The van der Waals surface area contributed by atoms with Crippen LogP contribution in [0.1, 0.15) is 36.5 Å². The number of halogens is 1. The molecule has 20 heavy (non-hydrogen) atoms. The van der Waals surface area contributed by atoms with Crippen molar-refractivity contribution in [3.63, 3.8) is 0 Å². The zero-order valence-corrected chi connectivity index (χ0v) is 12.2. The van der Waals surface area contributed by atoms with E-state index in [1.165, 1.54) is 0 Å². The average Bonchev–Trinajstić information content (AvgIpc) is 2.92. The molecule has 1 aliphatic heterocycles. The monoisotopic (exact) mass is 298 g/mol. The van der Waals surface area contributed by atoms with Gasteiger partial charge in [0.25, 0.3) is 5.91 Å². The molecule has 1 aliphatic rings. The van der Waals surface area contributed by atoms with Crippen LogP contribution < -0.4 is 20.5 Å². The zero-order valence-electron chi connectivity index (χ0n) is 11.4. The molecule has 0 spiro atoms. The number of amides is 1. The first kappa shape index (κ1) is 14.9. The van der Waals surface area contributed by atoms with Crippen molar-refractivity contribution in [3.05, 3.63) is 22.7 Å². The number of fused-ring (bicyclic) bond motifs is 1. The van der Waals surface area contributed by atoms with Crippen LogP contribution in [-0.4, -0.2) is 25.3 Å². The summed E-state index contributed by atoms with van der Waals surface area (Å²) in [6, 6.07) is 3.20. The fourth-order valence-electron chi connectivity index (χ4n) is 2.07. The second-order valence-electron chi connectivity index (χ2n) is 4.74. The van der Waals surface area contributed by atoms with E-state index in [2.05, 4.69) is 12.2 Å². The lowest BCUT2D eigenvalue weighted by Gasteiger charge is -2.16. The number of rotatable bonds is 6. The number of benzene rings is 1. The molecule has 1 heterocycles. The van der Waals surface area contributed by atoms with E-state index in [9.17, 15) is 4.79 Å². The first-order valence-electron chi connectivity index (χ1n) is 6.75. The summed E-state index contributed by atoms with van der Waals surface area (Å²) in [5.41, 5.74) is 6.13. The maximum Gasteiger partial charge on any atom is 0.251 e. The lowest BCUT2D eigenvalue weighted by Crippen LogP contribution is -2.40. The summed E-state index contributed by atoms with van der Waals surface area (Å²) in [5, 5.41) is 3.30. The highest BCUT2D eigenvalue weighted by Gasteiger charge is 2.21. The van der Waals surface area contributed by atoms with Crippen molar-refractivity contribution in [1.82, 2.24) is 5.32 Å². The van der Waals surface area contributed by atoms with E-state index in [1.807, 2.05) is 0 Å². The molecule has 1 atom stereocenters. The third kappa shape index (κ3) is 3.35. The molecule has 110 valence electrons. The Hall–Kier alpha value is -1.46. The molecule has 0 aliphatic carbocycles. The number of unbranched alkanes of at least 4 members (excludes halogenated alkanes) is 1. The molecule has 3 N–H and O–H groups in total. The molecule has 6 heteroatoms. The maximum atomic E-state index is 12.2. The molecule has 0 radical (unpaired) electrons. The summed E-state index contributed by atoms with van der Waals surface area (Å²) >= 11 is 6.06. The van der Waals surface area contributed by atoms with Crippen LogP contribution in [0.5, 0.6) is 11.5 Å². The summed E-state index contributed by atoms with van der Waals surface area (Å²) in [6.45, 7) is 2.65. The predicted octanol–water partition coefficient (Wildman–Crippen LogP) is 2.32. The predicted molar refractivity (Wildman–Crippen MR) is 77.4 cm³/mol. The molecule has 2 rings (SSSR count). The van der Waals surface area contributed by atoms with Crippen molar-refractivity contribution in [2.45, 2.75) is 32.2 Å². The molecule has 1 amide bonds. The molecule has 0 fully saturated rings. The number of ether oxygens (including phenoxy) is 2. The van der Waals surface area contributed by atoms with E-state index < -0.39 is 0 Å². The standard InChI is InChI=1S/C14H19ClN2O3/c1-2-3-4-10(7-16)17-14(18)9-5-11(15)13-12(6-9)19-8-20-13/h5-6,10H,2-4,7-8,16H2,1H3,(H,17,18). The van der Waals surface area contributed by atoms with Crippen LogP contribution in [-0.2, 0) is 0 Å². The van der Waals surface area contributed by atoms with Crippen molar-refractivity contribution < 1.29 is 14.3 Å². The highest BCUT2D eigenvalue weighted by molar-refractivity contribution is 6.32. The van der Waals surface area contributed by atoms with Crippen LogP contribution in [0.15, 0.2) is 12.1 Å².